The molecule has 0 heterocycles. The molecule has 84 valence electrons. The summed E-state index contributed by atoms with van der Waals surface area (Å²) in [5.41, 5.74) is 2.25. The monoisotopic (exact) mass is 224 g/mol. The molecule has 0 fully saturated rings. The Labute approximate surface area is 101 Å². The molecule has 2 rings (SSSR count). The maximum Gasteiger partial charge on any atom is 0.489 e. The van der Waals surface area contributed by atoms with E-state index in [0.29, 0.717) is 5.47 Å². The van der Waals surface area contributed by atoms with Gasteiger partial charge in [0.15, 0.2) is 0 Å². The van der Waals surface area contributed by atoms with Crippen molar-refractivity contribution >= 4 is 18.7 Å². The number of rotatable bonds is 3. The number of hydrogen-bond donors (Lipinski definition) is 2. The van der Waals surface area contributed by atoms with Crippen molar-refractivity contribution in [3.63, 3.8) is 0 Å². The number of benzene rings is 2. The summed E-state index contributed by atoms with van der Waals surface area (Å²) in [7, 11) is -1.47. The van der Waals surface area contributed by atoms with Gasteiger partial charge in [-0.05, 0) is 16.6 Å². The molecule has 0 aliphatic heterocycles. The molecule has 0 saturated carbocycles. The van der Waals surface area contributed by atoms with Gasteiger partial charge < -0.3 is 10.0 Å². The first-order chi connectivity index (χ1) is 8.27. The van der Waals surface area contributed by atoms with E-state index in [9.17, 15) is 10.0 Å². The summed E-state index contributed by atoms with van der Waals surface area (Å²) in [5.74, 6) is 0. The second kappa shape index (κ2) is 5.48. The maximum atomic E-state index is 9.41. The molecule has 2 N–H and O–H groups in total. The van der Waals surface area contributed by atoms with Gasteiger partial charge in [-0.15, -0.1) is 0 Å². The fraction of sp³-hybridized carbons (Fsp3) is 0. The highest BCUT2D eigenvalue weighted by Gasteiger charge is 2.16. The van der Waals surface area contributed by atoms with E-state index < -0.39 is 7.12 Å². The Morgan fingerprint density at radius 1 is 0.824 bits per heavy atom. The molecular weight excluding hydrogens is 211 g/mol. The van der Waals surface area contributed by atoms with Crippen molar-refractivity contribution in [2.75, 3.05) is 0 Å². The Hall–Kier alpha value is -1.84. The quantitative estimate of drug-likeness (QED) is 0.620. The molecule has 2 aromatic carbocycles. The molecule has 2 aromatic rings. The Morgan fingerprint density at radius 3 is 1.88 bits per heavy atom. The van der Waals surface area contributed by atoms with Crippen molar-refractivity contribution in [3.8, 4) is 0 Å². The van der Waals surface area contributed by atoms with Crippen LogP contribution in [0.25, 0.3) is 11.5 Å². The van der Waals surface area contributed by atoms with Crippen molar-refractivity contribution in [2.45, 2.75) is 0 Å². The van der Waals surface area contributed by atoms with Gasteiger partial charge in [0.05, 0.1) is 0 Å². The molecule has 0 radical (unpaired) electrons. The topological polar surface area (TPSA) is 40.5 Å². The van der Waals surface area contributed by atoms with Gasteiger partial charge in [0.2, 0.25) is 0 Å². The van der Waals surface area contributed by atoms with Gasteiger partial charge in [-0.2, -0.15) is 0 Å². The second-order valence-corrected chi connectivity index (χ2v) is 3.75. The SMILES string of the molecule is OB(O)/C(=C\c1ccccc1)c1ccccc1. The van der Waals surface area contributed by atoms with Gasteiger partial charge in [-0.1, -0.05) is 66.7 Å². The van der Waals surface area contributed by atoms with E-state index in [0.717, 1.165) is 11.1 Å². The van der Waals surface area contributed by atoms with Crippen LogP contribution < -0.4 is 0 Å². The van der Waals surface area contributed by atoms with Crippen LogP contribution in [0.3, 0.4) is 0 Å². The molecular formula is C14H13BO2. The summed E-state index contributed by atoms with van der Waals surface area (Å²) in [6.07, 6.45) is 1.78. The van der Waals surface area contributed by atoms with Crippen molar-refractivity contribution in [1.29, 1.82) is 0 Å². The maximum absolute atomic E-state index is 9.41. The fourth-order valence-electron chi connectivity index (χ4n) is 1.67. The van der Waals surface area contributed by atoms with Crippen molar-refractivity contribution < 1.29 is 10.0 Å². The summed E-state index contributed by atoms with van der Waals surface area (Å²) < 4.78 is 0. The largest absolute Gasteiger partial charge is 0.489 e. The lowest BCUT2D eigenvalue weighted by atomic mass is 9.74. The highest BCUT2D eigenvalue weighted by molar-refractivity contribution is 6.67. The molecule has 0 aromatic heterocycles. The van der Waals surface area contributed by atoms with Crippen LogP contribution >= 0.6 is 0 Å². The molecule has 2 nitrogen and oxygen atoms in total. The van der Waals surface area contributed by atoms with Crippen LogP contribution in [0.4, 0.5) is 0 Å². The Bertz CT molecular complexity index is 492. The average Bonchev–Trinajstić information content (AvgIpc) is 2.38. The molecule has 3 heteroatoms. The van der Waals surface area contributed by atoms with Crippen LogP contribution in [-0.4, -0.2) is 17.2 Å². The molecule has 0 saturated heterocycles. The van der Waals surface area contributed by atoms with Gasteiger partial charge in [0.25, 0.3) is 0 Å². The minimum atomic E-state index is -1.47. The molecule has 0 aliphatic rings. The molecule has 0 unspecified atom stereocenters. The summed E-state index contributed by atoms with van der Waals surface area (Å²) >= 11 is 0. The fourth-order valence-corrected chi connectivity index (χ4v) is 1.67. The highest BCUT2D eigenvalue weighted by atomic mass is 16.4. The standard InChI is InChI=1S/C14H13BO2/c16-15(17)14(13-9-5-2-6-10-13)11-12-7-3-1-4-8-12/h1-11,16-17H/b14-11-. The van der Waals surface area contributed by atoms with Gasteiger partial charge >= 0.3 is 7.12 Å². The van der Waals surface area contributed by atoms with Crippen LogP contribution in [0.15, 0.2) is 60.7 Å². The number of hydrogen-bond acceptors (Lipinski definition) is 2. The normalized spacial score (nSPS) is 11.3. The Morgan fingerprint density at radius 2 is 1.35 bits per heavy atom. The lowest BCUT2D eigenvalue weighted by Gasteiger charge is -2.06. The third-order valence-electron chi connectivity index (χ3n) is 2.51. The molecule has 17 heavy (non-hydrogen) atoms. The first-order valence-corrected chi connectivity index (χ1v) is 5.45. The van der Waals surface area contributed by atoms with Gasteiger partial charge in [-0.3, -0.25) is 0 Å². The molecule has 0 bridgehead atoms. The van der Waals surface area contributed by atoms with E-state index >= 15 is 0 Å². The third kappa shape index (κ3) is 3.06. The van der Waals surface area contributed by atoms with E-state index in [4.69, 9.17) is 0 Å². The first kappa shape index (κ1) is 11.6. The van der Waals surface area contributed by atoms with Gasteiger partial charge in [0.1, 0.15) is 0 Å². The first-order valence-electron chi connectivity index (χ1n) is 5.45. The molecule has 0 amide bonds. The summed E-state index contributed by atoms with van der Waals surface area (Å²) in [5, 5.41) is 18.8. The third-order valence-corrected chi connectivity index (χ3v) is 2.51. The predicted molar refractivity (Wildman–Crippen MR) is 70.9 cm³/mol. The summed E-state index contributed by atoms with van der Waals surface area (Å²) in [6, 6.07) is 18.9. The van der Waals surface area contributed by atoms with Crippen LogP contribution in [0, 0.1) is 0 Å². The van der Waals surface area contributed by atoms with Crippen molar-refractivity contribution in [1.82, 2.24) is 0 Å². The second-order valence-electron chi connectivity index (χ2n) is 3.75. The lowest BCUT2D eigenvalue weighted by Crippen LogP contribution is -2.14. The highest BCUT2D eigenvalue weighted by Crippen LogP contribution is 2.18. The van der Waals surface area contributed by atoms with Gasteiger partial charge in [0, 0.05) is 0 Å². The molecule has 0 spiro atoms. The minimum absolute atomic E-state index is 0.497. The zero-order chi connectivity index (χ0) is 12.1. The predicted octanol–water partition coefficient (Wildman–Crippen LogP) is 2.24. The van der Waals surface area contributed by atoms with Crippen molar-refractivity contribution in [2.24, 2.45) is 0 Å². The van der Waals surface area contributed by atoms with Gasteiger partial charge in [-0.25, -0.2) is 0 Å². The van der Waals surface area contributed by atoms with E-state index in [1.165, 1.54) is 0 Å². The zero-order valence-electron chi connectivity index (χ0n) is 9.32. The van der Waals surface area contributed by atoms with Crippen LogP contribution in [0.5, 0.6) is 0 Å². The minimum Gasteiger partial charge on any atom is -0.423 e. The zero-order valence-corrected chi connectivity index (χ0v) is 9.32. The van der Waals surface area contributed by atoms with E-state index in [1.807, 2.05) is 60.7 Å². The summed E-state index contributed by atoms with van der Waals surface area (Å²) in [6.45, 7) is 0. The average molecular weight is 224 g/mol. The molecule has 0 atom stereocenters. The molecule has 0 aliphatic carbocycles. The van der Waals surface area contributed by atoms with E-state index in [1.54, 1.807) is 6.08 Å². The Balaban J connectivity index is 2.40. The smallest absolute Gasteiger partial charge is 0.423 e. The lowest BCUT2D eigenvalue weighted by molar-refractivity contribution is 0.427. The van der Waals surface area contributed by atoms with Crippen LogP contribution in [0.1, 0.15) is 11.1 Å². The van der Waals surface area contributed by atoms with Crippen LogP contribution in [-0.2, 0) is 0 Å². The van der Waals surface area contributed by atoms with E-state index in [2.05, 4.69) is 0 Å². The van der Waals surface area contributed by atoms with Crippen LogP contribution in [0.2, 0.25) is 0 Å². The van der Waals surface area contributed by atoms with E-state index in [-0.39, 0.29) is 0 Å². The van der Waals surface area contributed by atoms with Crippen molar-refractivity contribution in [3.05, 3.63) is 71.8 Å². The Kier molecular flexibility index (Phi) is 3.75. The summed E-state index contributed by atoms with van der Waals surface area (Å²) in [4.78, 5) is 0.